The van der Waals surface area contributed by atoms with E-state index in [0.717, 1.165) is 5.56 Å². The van der Waals surface area contributed by atoms with Crippen LogP contribution in [-0.2, 0) is 29.9 Å². The fraction of sp³-hybridized carbons (Fsp3) is 0.538. The zero-order valence-electron chi connectivity index (χ0n) is 22.1. The van der Waals surface area contributed by atoms with Gasteiger partial charge in [-0.05, 0) is 57.9 Å². The highest BCUT2D eigenvalue weighted by Crippen LogP contribution is 2.50. The first-order valence-electron chi connectivity index (χ1n) is 12.6. The Morgan fingerprint density at radius 3 is 2.53 bits per heavy atom. The third-order valence-corrected chi connectivity index (χ3v) is 11.1. The normalized spacial score (nSPS) is 17.5. The van der Waals surface area contributed by atoms with Crippen LogP contribution in [0.4, 0.5) is 0 Å². The van der Waals surface area contributed by atoms with Crippen LogP contribution in [-0.4, -0.2) is 82.3 Å². The summed E-state index contributed by atoms with van der Waals surface area (Å²) in [6, 6.07) is 8.91. The molecule has 1 fully saturated rings. The van der Waals surface area contributed by atoms with Crippen molar-refractivity contribution in [2.75, 3.05) is 26.7 Å². The van der Waals surface area contributed by atoms with Gasteiger partial charge >= 0.3 is 0 Å². The number of benzene rings is 1. The topological polar surface area (TPSA) is 157 Å². The number of rotatable bonds is 10. The van der Waals surface area contributed by atoms with E-state index in [-0.39, 0.29) is 43.5 Å². The molecule has 0 saturated heterocycles. The molecule has 11 nitrogen and oxygen atoms in total. The Bertz CT molecular complexity index is 1390. The van der Waals surface area contributed by atoms with Crippen LogP contribution < -0.4 is 10.6 Å². The number of hydrogen-bond donors (Lipinski definition) is 3. The van der Waals surface area contributed by atoms with E-state index in [9.17, 15) is 23.1 Å². The minimum absolute atomic E-state index is 0.0364. The van der Waals surface area contributed by atoms with Gasteiger partial charge in [0, 0.05) is 38.8 Å². The second-order valence-electron chi connectivity index (χ2n) is 10.6. The Hall–Kier alpha value is -3.27. The number of hydrogen-bond acceptors (Lipinski definition) is 8. The summed E-state index contributed by atoms with van der Waals surface area (Å²) in [7, 11) is -0.547. The van der Waals surface area contributed by atoms with E-state index >= 15 is 0 Å². The smallest absolute Gasteiger partial charge is 0.272 e. The third-order valence-electron chi connectivity index (χ3n) is 7.77. The van der Waals surface area contributed by atoms with Gasteiger partial charge in [0.05, 0.1) is 27.2 Å². The molecule has 1 atom stereocenters. The molecular formula is C26H34N6O5S. The third kappa shape index (κ3) is 4.70. The number of nitriles is 1. The highest BCUT2D eigenvalue weighted by molar-refractivity contribution is 7.94. The molecule has 0 spiro atoms. The Kier molecular flexibility index (Phi) is 7.40. The predicted molar refractivity (Wildman–Crippen MR) is 140 cm³/mol. The SMILES string of the molecule is CNCC(O)C(C)(C)S(=O)(=O)C1(CN2CCc3c(C(=O)NCc4ccc(C#N)cc4)nn(C)c3C2=O)CC1. The number of aliphatic hydroxyl groups excluding tert-OH is 1. The van der Waals surface area contributed by atoms with E-state index in [1.165, 1.54) is 23.4 Å². The molecule has 2 amide bonds. The number of aliphatic hydroxyl groups is 1. The molecule has 1 saturated carbocycles. The number of aromatic nitrogens is 2. The van der Waals surface area contributed by atoms with Gasteiger partial charge in [0.25, 0.3) is 11.8 Å². The van der Waals surface area contributed by atoms with E-state index in [1.54, 1.807) is 38.4 Å². The Balaban J connectivity index is 1.49. The number of carbonyl (C=O) groups is 2. The standard InChI is InChI=1S/C26H34N6O5S/c1-25(2,20(33)15-28-3)38(36,37)26(10-11-26)16-32-12-9-19-21(30-31(4)22(19)24(32)35)23(34)29-14-18-7-5-17(13-27)6-8-18/h5-8,20,28,33H,9-12,14-16H2,1-4H3,(H,29,34). The maximum Gasteiger partial charge on any atom is 0.272 e. The van der Waals surface area contributed by atoms with Crippen molar-refractivity contribution in [1.29, 1.82) is 5.26 Å². The molecule has 1 aliphatic carbocycles. The summed E-state index contributed by atoms with van der Waals surface area (Å²) in [4.78, 5) is 28.0. The van der Waals surface area contributed by atoms with Gasteiger partial charge in [-0.3, -0.25) is 14.3 Å². The highest BCUT2D eigenvalue weighted by atomic mass is 32.2. The monoisotopic (exact) mass is 542 g/mol. The van der Waals surface area contributed by atoms with Crippen molar-refractivity contribution in [2.24, 2.45) is 7.05 Å². The van der Waals surface area contributed by atoms with E-state index in [0.29, 0.717) is 30.4 Å². The highest BCUT2D eigenvalue weighted by Gasteiger charge is 2.62. The maximum absolute atomic E-state index is 13.7. The first-order valence-corrected chi connectivity index (χ1v) is 14.1. The molecule has 2 aromatic rings. The zero-order chi connectivity index (χ0) is 27.9. The van der Waals surface area contributed by atoms with Crippen LogP contribution in [0.3, 0.4) is 0 Å². The van der Waals surface area contributed by atoms with Gasteiger partial charge < -0.3 is 20.6 Å². The molecule has 1 aromatic carbocycles. The quantitative estimate of drug-likeness (QED) is 0.392. The number of sulfone groups is 1. The van der Waals surface area contributed by atoms with Crippen LogP contribution in [0.1, 0.15) is 64.4 Å². The lowest BCUT2D eigenvalue weighted by Gasteiger charge is -2.37. The Morgan fingerprint density at radius 2 is 1.95 bits per heavy atom. The molecule has 2 aliphatic rings. The molecule has 12 heteroatoms. The van der Waals surface area contributed by atoms with Crippen molar-refractivity contribution in [3.63, 3.8) is 0 Å². The lowest BCUT2D eigenvalue weighted by molar-refractivity contribution is 0.0723. The second-order valence-corrected chi connectivity index (χ2v) is 13.6. The molecule has 1 unspecified atom stereocenters. The van der Waals surface area contributed by atoms with E-state index in [4.69, 9.17) is 5.26 Å². The fourth-order valence-electron chi connectivity index (χ4n) is 5.04. The van der Waals surface area contributed by atoms with Gasteiger partial charge in [0.15, 0.2) is 15.5 Å². The van der Waals surface area contributed by atoms with Crippen molar-refractivity contribution < 1.29 is 23.1 Å². The lowest BCUT2D eigenvalue weighted by atomic mass is 10.0. The number of nitrogens with one attached hydrogen (secondary N) is 2. The van der Waals surface area contributed by atoms with Gasteiger partial charge in [0.2, 0.25) is 0 Å². The van der Waals surface area contributed by atoms with Gasteiger partial charge in [-0.25, -0.2) is 8.42 Å². The van der Waals surface area contributed by atoms with Gasteiger partial charge in [-0.15, -0.1) is 0 Å². The van der Waals surface area contributed by atoms with Crippen LogP contribution in [0.2, 0.25) is 0 Å². The van der Waals surface area contributed by atoms with Crippen molar-refractivity contribution in [1.82, 2.24) is 25.3 Å². The van der Waals surface area contributed by atoms with Crippen LogP contribution in [0, 0.1) is 11.3 Å². The van der Waals surface area contributed by atoms with Crippen LogP contribution >= 0.6 is 0 Å². The average molecular weight is 543 g/mol. The summed E-state index contributed by atoms with van der Waals surface area (Å²) in [6.45, 7) is 3.75. The van der Waals surface area contributed by atoms with Crippen molar-refractivity contribution in [2.45, 2.75) is 55.3 Å². The average Bonchev–Trinajstić information content (AvgIpc) is 3.60. The molecule has 0 radical (unpaired) electrons. The van der Waals surface area contributed by atoms with Crippen LogP contribution in [0.5, 0.6) is 0 Å². The Labute approximate surface area is 222 Å². The molecule has 4 rings (SSSR count). The first kappa shape index (κ1) is 27.8. The molecule has 1 aromatic heterocycles. The molecular weight excluding hydrogens is 508 g/mol. The first-order chi connectivity index (χ1) is 17.9. The number of carbonyl (C=O) groups excluding carboxylic acids is 2. The minimum Gasteiger partial charge on any atom is -0.390 e. The number of nitrogens with zero attached hydrogens (tertiary/aromatic N) is 4. The van der Waals surface area contributed by atoms with Crippen molar-refractivity contribution >= 4 is 21.7 Å². The summed E-state index contributed by atoms with van der Waals surface area (Å²) in [6.07, 6.45) is 0.129. The minimum atomic E-state index is -3.79. The maximum atomic E-state index is 13.7. The molecule has 204 valence electrons. The van der Waals surface area contributed by atoms with Crippen molar-refractivity contribution in [3.05, 3.63) is 52.3 Å². The Morgan fingerprint density at radius 1 is 1.29 bits per heavy atom. The summed E-state index contributed by atoms with van der Waals surface area (Å²) in [5, 5.41) is 29.4. The summed E-state index contributed by atoms with van der Waals surface area (Å²) in [5.41, 5.74) is 2.35. The number of amides is 2. The van der Waals surface area contributed by atoms with Gasteiger partial charge in [-0.2, -0.15) is 10.4 Å². The molecule has 2 heterocycles. The summed E-state index contributed by atoms with van der Waals surface area (Å²) < 4.78 is 26.2. The summed E-state index contributed by atoms with van der Waals surface area (Å²) in [5.74, 6) is -0.767. The second kappa shape index (κ2) is 10.1. The van der Waals surface area contributed by atoms with Gasteiger partial charge in [0.1, 0.15) is 5.69 Å². The lowest BCUT2D eigenvalue weighted by Crippen LogP contribution is -2.56. The zero-order valence-corrected chi connectivity index (χ0v) is 22.9. The van der Waals surface area contributed by atoms with E-state index < -0.39 is 31.3 Å². The molecule has 1 aliphatic heterocycles. The molecule has 0 bridgehead atoms. The number of likely N-dealkylation sites (N-methyl/N-ethyl adjacent to an activating group) is 1. The predicted octanol–water partition coefficient (Wildman–Crippen LogP) is 0.526. The largest absolute Gasteiger partial charge is 0.390 e. The van der Waals surface area contributed by atoms with E-state index in [1.807, 2.05) is 6.07 Å². The van der Waals surface area contributed by atoms with E-state index in [2.05, 4.69) is 15.7 Å². The van der Waals surface area contributed by atoms with Crippen LogP contribution in [0.15, 0.2) is 24.3 Å². The fourth-order valence-corrected chi connectivity index (χ4v) is 7.56. The van der Waals surface area contributed by atoms with Crippen LogP contribution in [0.25, 0.3) is 0 Å². The number of fused-ring (bicyclic) bond motifs is 1. The summed E-state index contributed by atoms with van der Waals surface area (Å²) >= 11 is 0. The molecule has 38 heavy (non-hydrogen) atoms. The van der Waals surface area contributed by atoms with Gasteiger partial charge in [-0.1, -0.05) is 12.1 Å². The molecule has 3 N–H and O–H groups in total. The van der Waals surface area contributed by atoms with Crippen molar-refractivity contribution in [3.8, 4) is 6.07 Å². The number of aryl methyl sites for hydroxylation is 1.